The van der Waals surface area contributed by atoms with E-state index in [9.17, 15) is 4.79 Å². The molecule has 2 bridgehead atoms. The van der Waals surface area contributed by atoms with Gasteiger partial charge in [-0.25, -0.2) is 4.79 Å². The van der Waals surface area contributed by atoms with Crippen molar-refractivity contribution in [3.05, 3.63) is 12.7 Å². The summed E-state index contributed by atoms with van der Waals surface area (Å²) in [6, 6.07) is 0.671. The van der Waals surface area contributed by atoms with Crippen LogP contribution in [0.25, 0.3) is 0 Å². The van der Waals surface area contributed by atoms with Gasteiger partial charge in [0.05, 0.1) is 12.6 Å². The first kappa shape index (κ1) is 24.9. The van der Waals surface area contributed by atoms with Crippen LogP contribution in [0.2, 0.25) is 0 Å². The second kappa shape index (κ2) is 11.1. The van der Waals surface area contributed by atoms with Crippen LogP contribution in [0.1, 0.15) is 96.3 Å². The summed E-state index contributed by atoms with van der Waals surface area (Å²) in [4.78, 5) is 12.5. The lowest BCUT2D eigenvalue weighted by atomic mass is 9.82. The predicted molar refractivity (Wildman–Crippen MR) is 133 cm³/mol. The molecule has 3 saturated carbocycles. The molecule has 0 spiro atoms. The third-order valence-electron chi connectivity index (χ3n) is 9.59. The lowest BCUT2D eigenvalue weighted by molar-refractivity contribution is -0.960. The highest BCUT2D eigenvalue weighted by molar-refractivity contribution is 6.56. The summed E-state index contributed by atoms with van der Waals surface area (Å²) in [6.45, 7) is 7.24. The standard InChI is InChI=1S/C27H46NO5Si/c1-2-27(29)33-34-30-19-18-28(24-16-10-5-11-17-24,20-25(31-34)22-12-6-3-7-13-22)21-26(32-34)23-14-8-4-9-15-23/h2,22-26H,1,3-21H2/q+1. The first-order valence-electron chi connectivity index (χ1n) is 14.3. The molecule has 34 heavy (non-hydrogen) atoms. The normalized spacial score (nSPS) is 39.1. The molecule has 6 fully saturated rings. The Balaban J connectivity index is 1.51. The molecule has 0 aromatic rings. The smallest absolute Gasteiger partial charge is 0.449 e. The molecule has 2 atom stereocenters. The van der Waals surface area contributed by atoms with E-state index in [2.05, 4.69) is 6.58 Å². The largest absolute Gasteiger partial charge is 0.753 e. The minimum absolute atomic E-state index is 0.0408. The molecular weight excluding hydrogens is 446 g/mol. The van der Waals surface area contributed by atoms with Gasteiger partial charge in [-0.15, -0.1) is 0 Å². The van der Waals surface area contributed by atoms with E-state index in [0.29, 0.717) is 24.5 Å². The molecule has 192 valence electrons. The molecule has 2 unspecified atom stereocenters. The maximum Gasteiger partial charge on any atom is 0.753 e. The van der Waals surface area contributed by atoms with E-state index in [1.54, 1.807) is 0 Å². The Hall–Kier alpha value is -0.733. The van der Waals surface area contributed by atoms with Crippen molar-refractivity contribution in [3.63, 3.8) is 0 Å². The van der Waals surface area contributed by atoms with Crippen LogP contribution < -0.4 is 0 Å². The molecule has 0 amide bonds. The molecule has 7 heteroatoms. The van der Waals surface area contributed by atoms with Gasteiger partial charge in [0.1, 0.15) is 31.8 Å². The lowest BCUT2D eigenvalue weighted by Gasteiger charge is -2.55. The van der Waals surface area contributed by atoms with Crippen molar-refractivity contribution in [2.75, 3.05) is 26.2 Å². The van der Waals surface area contributed by atoms with Crippen molar-refractivity contribution < 1.29 is 27.0 Å². The van der Waals surface area contributed by atoms with Gasteiger partial charge in [0.2, 0.25) is 0 Å². The first-order valence-corrected chi connectivity index (χ1v) is 16.0. The Labute approximate surface area is 207 Å². The summed E-state index contributed by atoms with van der Waals surface area (Å²) in [6.07, 6.45) is 20.4. The molecule has 6 rings (SSSR count). The Kier molecular flexibility index (Phi) is 8.15. The van der Waals surface area contributed by atoms with Crippen molar-refractivity contribution in [2.45, 2.75) is 115 Å². The van der Waals surface area contributed by atoms with Gasteiger partial charge in [0, 0.05) is 6.08 Å². The van der Waals surface area contributed by atoms with Crippen LogP contribution in [0.15, 0.2) is 12.7 Å². The van der Waals surface area contributed by atoms with Gasteiger partial charge in [-0.3, -0.25) is 0 Å². The van der Waals surface area contributed by atoms with Crippen LogP contribution in [-0.2, 0) is 22.5 Å². The third kappa shape index (κ3) is 5.48. The summed E-state index contributed by atoms with van der Waals surface area (Å²) in [7, 11) is -3.62. The molecule has 0 aromatic heterocycles. The summed E-state index contributed by atoms with van der Waals surface area (Å²) in [5.74, 6) is 0.520. The highest BCUT2D eigenvalue weighted by atomic mass is 28.4. The Morgan fingerprint density at radius 2 is 1.29 bits per heavy atom. The minimum atomic E-state index is -3.62. The van der Waals surface area contributed by atoms with E-state index < -0.39 is 15.0 Å². The number of carbonyl (C=O) groups excluding carboxylic acids is 1. The average Bonchev–Trinajstić information content (AvgIpc) is 2.86. The van der Waals surface area contributed by atoms with Gasteiger partial charge in [0.25, 0.3) is 0 Å². The molecule has 3 aliphatic carbocycles. The zero-order valence-electron chi connectivity index (χ0n) is 21.1. The summed E-state index contributed by atoms with van der Waals surface area (Å²) in [5.41, 5.74) is 0. The van der Waals surface area contributed by atoms with Gasteiger partial charge in [-0.2, -0.15) is 0 Å². The monoisotopic (exact) mass is 492 g/mol. The topological polar surface area (TPSA) is 54.0 Å². The maximum atomic E-state index is 12.5. The fraction of sp³-hybridized carbons (Fsp3) is 0.889. The quantitative estimate of drug-likeness (QED) is 0.297. The third-order valence-corrected chi connectivity index (χ3v) is 11.8. The van der Waals surface area contributed by atoms with Crippen molar-refractivity contribution in [1.82, 2.24) is 0 Å². The van der Waals surface area contributed by atoms with E-state index in [4.69, 9.17) is 17.7 Å². The van der Waals surface area contributed by atoms with Crippen molar-refractivity contribution >= 4 is 15.0 Å². The highest BCUT2D eigenvalue weighted by Gasteiger charge is 2.61. The SMILES string of the molecule is C=CC(=O)O[Si]12OCC[N+](C3CCCCC3)(CC(C3CCCCC3)O1)CC(C1CCCCC1)O2. The molecule has 0 N–H and O–H groups in total. The van der Waals surface area contributed by atoms with Gasteiger partial charge >= 0.3 is 15.0 Å². The van der Waals surface area contributed by atoms with E-state index in [1.807, 2.05) is 0 Å². The van der Waals surface area contributed by atoms with E-state index in [-0.39, 0.29) is 12.2 Å². The number of carbonyl (C=O) groups is 1. The molecule has 6 aliphatic rings. The van der Waals surface area contributed by atoms with Crippen LogP contribution in [0.4, 0.5) is 0 Å². The predicted octanol–water partition coefficient (Wildman–Crippen LogP) is 5.28. The summed E-state index contributed by atoms with van der Waals surface area (Å²) >= 11 is 0. The first-order chi connectivity index (χ1) is 16.6. The molecule has 6 nitrogen and oxygen atoms in total. The van der Waals surface area contributed by atoms with Gasteiger partial charge in [-0.05, 0) is 63.2 Å². The molecule has 3 heterocycles. The minimum Gasteiger partial charge on any atom is -0.449 e. The maximum absolute atomic E-state index is 12.5. The average molecular weight is 493 g/mol. The number of fused-ring (bicyclic) bond motifs is 6. The molecule has 0 aromatic carbocycles. The van der Waals surface area contributed by atoms with Crippen LogP contribution in [0.5, 0.6) is 0 Å². The van der Waals surface area contributed by atoms with Crippen LogP contribution >= 0.6 is 0 Å². The van der Waals surface area contributed by atoms with Crippen molar-refractivity contribution in [2.24, 2.45) is 11.8 Å². The van der Waals surface area contributed by atoms with Crippen LogP contribution in [0, 0.1) is 11.8 Å². The van der Waals surface area contributed by atoms with Crippen LogP contribution in [-0.4, -0.2) is 64.0 Å². The Morgan fingerprint density at radius 3 is 1.79 bits per heavy atom. The number of nitrogens with zero attached hydrogens (tertiary/aromatic N) is 1. The molecular formula is C27H46NO5Si+. The molecule has 3 saturated heterocycles. The number of quaternary nitrogens is 1. The van der Waals surface area contributed by atoms with Gasteiger partial charge < -0.3 is 22.2 Å². The summed E-state index contributed by atoms with van der Waals surface area (Å²) in [5, 5.41) is 0. The lowest BCUT2D eigenvalue weighted by Crippen LogP contribution is -2.72. The Morgan fingerprint density at radius 1 is 0.794 bits per heavy atom. The Bertz CT molecular complexity index is 669. The zero-order valence-corrected chi connectivity index (χ0v) is 22.1. The van der Waals surface area contributed by atoms with Gasteiger partial charge in [0.15, 0.2) is 0 Å². The van der Waals surface area contributed by atoms with Crippen molar-refractivity contribution in [1.29, 1.82) is 0 Å². The van der Waals surface area contributed by atoms with Crippen molar-refractivity contribution in [3.8, 4) is 0 Å². The fourth-order valence-electron chi connectivity index (χ4n) is 7.72. The molecule has 3 aliphatic heterocycles. The molecule has 0 radical (unpaired) electrons. The van der Waals surface area contributed by atoms with E-state index >= 15 is 0 Å². The van der Waals surface area contributed by atoms with Crippen LogP contribution in [0.3, 0.4) is 0 Å². The summed E-state index contributed by atoms with van der Waals surface area (Å²) < 4.78 is 27.3. The highest BCUT2D eigenvalue weighted by Crippen LogP contribution is 2.42. The van der Waals surface area contributed by atoms with E-state index in [1.165, 1.54) is 102 Å². The zero-order chi connectivity index (χ0) is 23.4. The second-order valence-electron chi connectivity index (χ2n) is 11.7. The number of hydrogen-bond acceptors (Lipinski definition) is 5. The number of rotatable bonds is 5. The fourth-order valence-corrected chi connectivity index (χ4v) is 10.0. The van der Waals surface area contributed by atoms with Gasteiger partial charge in [-0.1, -0.05) is 51.5 Å². The second-order valence-corrected chi connectivity index (χ2v) is 13.6. The van der Waals surface area contributed by atoms with E-state index in [0.717, 1.165) is 24.1 Å². The number of hydrogen-bond donors (Lipinski definition) is 0.